The van der Waals surface area contributed by atoms with Crippen LogP contribution in [0.15, 0.2) is 45.1 Å². The minimum atomic E-state index is -3.73. The lowest BCUT2D eigenvalue weighted by atomic mass is 10.2. The van der Waals surface area contributed by atoms with E-state index in [1.165, 1.54) is 16.8 Å². The molecule has 1 aliphatic heterocycles. The molecule has 130 valence electrons. The Morgan fingerprint density at radius 1 is 1.28 bits per heavy atom. The average molecular weight is 377 g/mol. The van der Waals surface area contributed by atoms with E-state index in [1.807, 2.05) is 12.1 Å². The standard InChI is InChI=1S/C15H15N5O3S2/c1-10-17-18-15(23-10)11-3-4-13-12(7-11)20(5-6-24-13)25(21,22)14-8-19(2)9-16-14/h3-4,7-9H,5-6H2,1-2H3. The van der Waals surface area contributed by atoms with Crippen molar-refractivity contribution < 1.29 is 12.8 Å². The first-order chi connectivity index (χ1) is 11.9. The van der Waals surface area contributed by atoms with Crippen molar-refractivity contribution in [3.63, 3.8) is 0 Å². The summed E-state index contributed by atoms with van der Waals surface area (Å²) in [5.74, 6) is 1.50. The van der Waals surface area contributed by atoms with E-state index < -0.39 is 10.0 Å². The molecule has 1 aromatic carbocycles. The Balaban J connectivity index is 1.81. The highest BCUT2D eigenvalue weighted by Gasteiger charge is 2.31. The van der Waals surface area contributed by atoms with Gasteiger partial charge in [-0.3, -0.25) is 4.31 Å². The van der Waals surface area contributed by atoms with Gasteiger partial charge in [0.2, 0.25) is 11.8 Å². The lowest BCUT2D eigenvalue weighted by Crippen LogP contribution is -2.35. The summed E-state index contributed by atoms with van der Waals surface area (Å²) in [6, 6.07) is 5.51. The Hall–Kier alpha value is -2.33. The highest BCUT2D eigenvalue weighted by atomic mass is 32.2. The van der Waals surface area contributed by atoms with Gasteiger partial charge in [-0.1, -0.05) is 0 Å². The van der Waals surface area contributed by atoms with Crippen LogP contribution in [-0.4, -0.2) is 40.5 Å². The van der Waals surface area contributed by atoms with Crippen LogP contribution in [-0.2, 0) is 17.1 Å². The van der Waals surface area contributed by atoms with Crippen molar-refractivity contribution in [3.8, 4) is 11.5 Å². The molecule has 10 heteroatoms. The Kier molecular flexibility index (Phi) is 3.80. The molecule has 3 aromatic rings. The number of anilines is 1. The van der Waals surface area contributed by atoms with E-state index in [-0.39, 0.29) is 5.03 Å². The van der Waals surface area contributed by atoms with Gasteiger partial charge in [-0.15, -0.1) is 22.0 Å². The van der Waals surface area contributed by atoms with Crippen molar-refractivity contribution in [2.45, 2.75) is 16.8 Å². The first-order valence-electron chi connectivity index (χ1n) is 7.53. The van der Waals surface area contributed by atoms with Crippen molar-refractivity contribution in [3.05, 3.63) is 36.6 Å². The minimum absolute atomic E-state index is 0.0342. The quantitative estimate of drug-likeness (QED) is 0.690. The van der Waals surface area contributed by atoms with Gasteiger partial charge in [0, 0.05) is 42.9 Å². The Labute approximate surface area is 148 Å². The van der Waals surface area contributed by atoms with Crippen molar-refractivity contribution in [2.75, 3.05) is 16.6 Å². The van der Waals surface area contributed by atoms with Gasteiger partial charge >= 0.3 is 0 Å². The molecular weight excluding hydrogens is 362 g/mol. The topological polar surface area (TPSA) is 94.1 Å². The number of fused-ring (bicyclic) bond motifs is 1. The summed E-state index contributed by atoms with van der Waals surface area (Å²) in [5, 5.41) is 7.87. The fraction of sp³-hybridized carbons (Fsp3) is 0.267. The molecule has 3 heterocycles. The molecule has 2 aromatic heterocycles. The highest BCUT2D eigenvalue weighted by Crippen LogP contribution is 2.39. The van der Waals surface area contributed by atoms with Crippen molar-refractivity contribution >= 4 is 27.5 Å². The van der Waals surface area contributed by atoms with Crippen molar-refractivity contribution in [2.24, 2.45) is 7.05 Å². The maximum absolute atomic E-state index is 13.0. The van der Waals surface area contributed by atoms with Gasteiger partial charge in [-0.25, -0.2) is 4.98 Å². The molecule has 25 heavy (non-hydrogen) atoms. The van der Waals surface area contributed by atoms with Gasteiger partial charge in [0.1, 0.15) is 0 Å². The zero-order valence-electron chi connectivity index (χ0n) is 13.6. The van der Waals surface area contributed by atoms with Gasteiger partial charge in [0.25, 0.3) is 10.0 Å². The lowest BCUT2D eigenvalue weighted by molar-refractivity contribution is 0.532. The molecule has 8 nitrogen and oxygen atoms in total. The molecule has 0 bridgehead atoms. The fourth-order valence-electron chi connectivity index (χ4n) is 2.62. The summed E-state index contributed by atoms with van der Waals surface area (Å²) in [6.07, 6.45) is 2.98. The molecule has 0 spiro atoms. The van der Waals surface area contributed by atoms with Gasteiger partial charge in [0.15, 0.2) is 5.03 Å². The van der Waals surface area contributed by atoms with Gasteiger partial charge in [0.05, 0.1) is 12.0 Å². The first-order valence-corrected chi connectivity index (χ1v) is 9.96. The summed E-state index contributed by atoms with van der Waals surface area (Å²) in [4.78, 5) is 4.90. The molecule has 4 rings (SSSR count). The minimum Gasteiger partial charge on any atom is -0.421 e. The molecule has 0 fully saturated rings. The molecular formula is C15H15N5O3S2. The third-order valence-electron chi connectivity index (χ3n) is 3.79. The smallest absolute Gasteiger partial charge is 0.283 e. The van der Waals surface area contributed by atoms with Crippen LogP contribution in [0.1, 0.15) is 5.89 Å². The van der Waals surface area contributed by atoms with E-state index >= 15 is 0 Å². The van der Waals surface area contributed by atoms with Gasteiger partial charge in [-0.05, 0) is 18.2 Å². The summed E-state index contributed by atoms with van der Waals surface area (Å²) in [7, 11) is -1.99. The van der Waals surface area contributed by atoms with Crippen LogP contribution < -0.4 is 4.31 Å². The summed E-state index contributed by atoms with van der Waals surface area (Å²) in [5.41, 5.74) is 1.29. The van der Waals surface area contributed by atoms with Crippen LogP contribution in [0.3, 0.4) is 0 Å². The van der Waals surface area contributed by atoms with E-state index in [2.05, 4.69) is 15.2 Å². The number of rotatable bonds is 3. The number of benzene rings is 1. The van der Waals surface area contributed by atoms with Gasteiger partial charge < -0.3 is 8.98 Å². The predicted molar refractivity (Wildman–Crippen MR) is 92.9 cm³/mol. The predicted octanol–water partition coefficient (Wildman–Crippen LogP) is 2.08. The van der Waals surface area contributed by atoms with E-state index in [9.17, 15) is 8.42 Å². The third kappa shape index (κ3) is 2.81. The molecule has 0 saturated carbocycles. The molecule has 0 N–H and O–H groups in total. The Bertz CT molecular complexity index is 1040. The molecule has 0 radical (unpaired) electrons. The third-order valence-corrected chi connectivity index (χ3v) is 6.53. The molecule has 0 atom stereocenters. The van der Waals surface area contributed by atoms with Crippen LogP contribution in [0.4, 0.5) is 5.69 Å². The van der Waals surface area contributed by atoms with Crippen molar-refractivity contribution in [1.82, 2.24) is 19.7 Å². The average Bonchev–Trinajstić information content (AvgIpc) is 3.22. The number of thioether (sulfide) groups is 1. The summed E-state index contributed by atoms with van der Waals surface area (Å²) < 4.78 is 34.5. The van der Waals surface area contributed by atoms with E-state index in [4.69, 9.17) is 4.42 Å². The number of hydrogen-bond acceptors (Lipinski definition) is 7. The van der Waals surface area contributed by atoms with Gasteiger partial charge in [-0.2, -0.15) is 8.42 Å². The number of aryl methyl sites for hydroxylation is 2. The molecule has 0 saturated heterocycles. The first kappa shape index (κ1) is 16.2. The molecule has 0 aliphatic carbocycles. The van der Waals surface area contributed by atoms with Crippen LogP contribution in [0.2, 0.25) is 0 Å². The number of nitrogens with zero attached hydrogens (tertiary/aromatic N) is 5. The summed E-state index contributed by atoms with van der Waals surface area (Å²) >= 11 is 1.62. The fourth-order valence-corrected chi connectivity index (χ4v) is 5.22. The molecule has 0 unspecified atom stereocenters. The number of aromatic nitrogens is 4. The second-order valence-electron chi connectivity index (χ2n) is 5.61. The normalized spacial score (nSPS) is 14.6. The molecule has 1 aliphatic rings. The van der Waals surface area contributed by atoms with Crippen LogP contribution >= 0.6 is 11.8 Å². The Morgan fingerprint density at radius 3 is 2.80 bits per heavy atom. The van der Waals surface area contributed by atoms with Crippen LogP contribution in [0, 0.1) is 6.92 Å². The summed E-state index contributed by atoms with van der Waals surface area (Å²) in [6.45, 7) is 2.09. The van der Waals surface area contributed by atoms with Crippen LogP contribution in [0.5, 0.6) is 0 Å². The number of imidazole rings is 1. The SMILES string of the molecule is Cc1nnc(-c2ccc3c(c2)N(S(=O)(=O)c2cn(C)cn2)CCS3)o1. The number of sulfonamides is 1. The van der Waals surface area contributed by atoms with Crippen LogP contribution in [0.25, 0.3) is 11.5 Å². The Morgan fingerprint density at radius 2 is 2.12 bits per heavy atom. The van der Waals surface area contributed by atoms with E-state index in [0.29, 0.717) is 35.3 Å². The van der Waals surface area contributed by atoms with E-state index in [1.54, 1.807) is 36.4 Å². The maximum atomic E-state index is 13.0. The number of hydrogen-bond donors (Lipinski definition) is 0. The zero-order chi connectivity index (χ0) is 17.6. The van der Waals surface area contributed by atoms with Crippen molar-refractivity contribution in [1.29, 1.82) is 0 Å². The second-order valence-corrected chi connectivity index (χ2v) is 8.56. The molecule has 0 amide bonds. The second kappa shape index (κ2) is 5.88. The lowest BCUT2D eigenvalue weighted by Gasteiger charge is -2.29. The largest absolute Gasteiger partial charge is 0.421 e. The zero-order valence-corrected chi connectivity index (χ0v) is 15.2. The monoisotopic (exact) mass is 377 g/mol. The maximum Gasteiger partial charge on any atom is 0.283 e. The van der Waals surface area contributed by atoms with E-state index in [0.717, 1.165) is 4.90 Å². The highest BCUT2D eigenvalue weighted by molar-refractivity contribution is 8.00.